The van der Waals surface area contributed by atoms with Crippen LogP contribution in [-0.4, -0.2) is 78.5 Å². The number of nitrogens with zero attached hydrogens (tertiary/aromatic N) is 8. The number of nitrogen functional groups attached to an aromatic ring is 3. The van der Waals surface area contributed by atoms with E-state index >= 15 is 0 Å². The highest BCUT2D eigenvalue weighted by Gasteiger charge is 2.46. The van der Waals surface area contributed by atoms with Crippen molar-refractivity contribution in [3.63, 3.8) is 0 Å². The summed E-state index contributed by atoms with van der Waals surface area (Å²) in [5, 5.41) is 20.3. The molecule has 1 aliphatic heterocycles. The summed E-state index contributed by atoms with van der Waals surface area (Å²) in [6, 6.07) is 38.4. The number of fused-ring (bicyclic) bond motifs is 3. The van der Waals surface area contributed by atoms with Crippen LogP contribution >= 0.6 is 15.6 Å². The largest absolute Gasteiger partial charge is 0.481 e. The number of unbranched alkanes of at least 4 members (excludes halogenated alkanes) is 9. The van der Waals surface area contributed by atoms with Crippen LogP contribution in [0.25, 0.3) is 33.2 Å². The zero-order chi connectivity index (χ0) is 51.5. The monoisotopic (exact) mass is 1040 g/mol. The molecule has 0 aliphatic carbocycles. The number of anilines is 3. The van der Waals surface area contributed by atoms with E-state index in [2.05, 4.69) is 151 Å². The molecule has 0 radical (unpaired) electrons. The van der Waals surface area contributed by atoms with E-state index in [-0.39, 0.29) is 17.0 Å². The Morgan fingerprint density at radius 3 is 1.56 bits per heavy atom. The number of para-hydroxylation sites is 4. The highest BCUT2D eigenvalue weighted by molar-refractivity contribution is 7.60. The average molecular weight is 1040 g/mol. The molecule has 1 saturated heterocycles. The van der Waals surface area contributed by atoms with Crippen molar-refractivity contribution >= 4 is 66.6 Å². The van der Waals surface area contributed by atoms with Crippen molar-refractivity contribution < 1.29 is 56.7 Å². The summed E-state index contributed by atoms with van der Waals surface area (Å²) >= 11 is 0. The van der Waals surface area contributed by atoms with E-state index in [1.165, 1.54) is 95.5 Å². The number of aliphatic hydroxyl groups is 2. The number of ether oxygens (including phenoxy) is 1. The lowest BCUT2D eigenvalue weighted by atomic mass is 10.1. The number of phosphoric acid groups is 2. The van der Waals surface area contributed by atoms with Crippen LogP contribution in [0.15, 0.2) is 122 Å². The topological polar surface area (TPSA) is 302 Å². The van der Waals surface area contributed by atoms with Gasteiger partial charge in [0.05, 0.1) is 39.1 Å². The van der Waals surface area contributed by atoms with Gasteiger partial charge in [0.2, 0.25) is 0 Å². The maximum Gasteiger partial charge on any atom is 0.481 e. The molecule has 4 aromatic carbocycles. The Morgan fingerprint density at radius 2 is 1.07 bits per heavy atom. The lowest BCUT2D eigenvalue weighted by Gasteiger charge is -2.17. The van der Waals surface area contributed by atoms with Gasteiger partial charge in [-0.25, -0.2) is 42.4 Å². The van der Waals surface area contributed by atoms with Crippen LogP contribution in [0.1, 0.15) is 81.6 Å². The molecule has 0 amide bonds. The quantitative estimate of drug-likeness (QED) is 0.0198. The van der Waals surface area contributed by atoms with Crippen LogP contribution in [-0.2, 0) is 48.9 Å². The van der Waals surface area contributed by atoms with E-state index in [1.54, 1.807) is 0 Å². The Kier molecular flexibility index (Phi) is 17.7. The molecule has 5 atom stereocenters. The molecule has 21 nitrogen and oxygen atoms in total. The Hall–Kier alpha value is -6.09. The first-order chi connectivity index (χ1) is 35.2. The van der Waals surface area contributed by atoms with E-state index in [0.29, 0.717) is 0 Å². The molecule has 23 heteroatoms. The van der Waals surface area contributed by atoms with Gasteiger partial charge in [0, 0.05) is 0 Å². The van der Waals surface area contributed by atoms with Crippen LogP contribution < -0.4 is 26.3 Å². The molecule has 11 N–H and O–H groups in total. The Labute approximate surface area is 422 Å². The average Bonchev–Trinajstić information content (AvgIpc) is 4.08. The first kappa shape index (κ1) is 53.2. The standard InChI is InChI=1S/C40H48N6.C10H15N5O10P2/c41-39-43(35-25-15-17-27-37(35)45(39)31-33-21-11-9-12-22-33)29-19-7-5-3-1-2-4-6-8-20-30-44-36-26-16-18-28-38(36)46(40(44)42)32-34-23-13-10-14-24-34;11-8-5-9(13-2-12-8)15(3-14-5)10-7(17)6(16)4(24-10)1-23-27(21,22)25-26(18,19)20/h9-18,21-28,41-42H,1-8,19-20,29-32H2;2-4,6-7,10,16-17H,1H2,(H,21,22)(H2,11,12,13)(H2,18,19,20)/p+2/t;4-,6-,7-,10-/m.1/s1. The maximum absolute atomic E-state index is 11.5. The fraction of sp³-hybridized carbons (Fsp3) is 0.380. The third-order valence-corrected chi connectivity index (χ3v) is 15.2. The van der Waals surface area contributed by atoms with Crippen molar-refractivity contribution in [3.05, 3.63) is 133 Å². The van der Waals surface area contributed by atoms with E-state index in [1.807, 2.05) is 0 Å². The fourth-order valence-corrected chi connectivity index (χ4v) is 11.0. The molecular weight excluding hydrogens is 977 g/mol. The van der Waals surface area contributed by atoms with Crippen LogP contribution in [0.4, 0.5) is 17.7 Å². The second-order valence-corrected chi connectivity index (χ2v) is 21.0. The zero-order valence-electron chi connectivity index (χ0n) is 40.4. The molecule has 1 aliphatic rings. The summed E-state index contributed by atoms with van der Waals surface area (Å²) in [6.07, 6.45) is 9.54. The molecule has 0 saturated carbocycles. The van der Waals surface area contributed by atoms with E-state index in [0.717, 1.165) is 57.2 Å². The number of aryl methyl sites for hydroxylation is 2. The minimum Gasteiger partial charge on any atom is -0.387 e. The summed E-state index contributed by atoms with van der Waals surface area (Å²) < 4.78 is 45.9. The van der Waals surface area contributed by atoms with Crippen LogP contribution in [0.5, 0.6) is 0 Å². The molecule has 0 spiro atoms. The van der Waals surface area contributed by atoms with Gasteiger partial charge in [0.1, 0.15) is 52.2 Å². The number of benzene rings is 4. The summed E-state index contributed by atoms with van der Waals surface area (Å²) in [4.78, 5) is 38.1. The number of imidazole rings is 3. The van der Waals surface area contributed by atoms with Gasteiger partial charge in [-0.15, -0.1) is 0 Å². The maximum atomic E-state index is 11.5. The van der Waals surface area contributed by atoms with Crippen molar-refractivity contribution in [2.45, 2.75) is 115 Å². The van der Waals surface area contributed by atoms with Gasteiger partial charge in [-0.1, -0.05) is 136 Å². The van der Waals surface area contributed by atoms with Crippen molar-refractivity contribution in [2.24, 2.45) is 0 Å². The highest BCUT2D eigenvalue weighted by atomic mass is 31.3. The van der Waals surface area contributed by atoms with Crippen molar-refractivity contribution in [3.8, 4) is 0 Å². The molecule has 8 aromatic rings. The lowest BCUT2D eigenvalue weighted by molar-refractivity contribution is -0.648. The predicted octanol–water partition coefficient (Wildman–Crippen LogP) is 6.29. The minimum absolute atomic E-state index is 0.0856. The van der Waals surface area contributed by atoms with Crippen molar-refractivity contribution in [2.75, 3.05) is 23.8 Å². The van der Waals surface area contributed by atoms with Crippen molar-refractivity contribution in [1.82, 2.24) is 28.7 Å². The molecule has 1 unspecified atom stereocenters. The normalized spacial score (nSPS) is 17.8. The minimum atomic E-state index is -5.29. The van der Waals surface area contributed by atoms with Crippen LogP contribution in [0.3, 0.4) is 0 Å². The van der Waals surface area contributed by atoms with Gasteiger partial charge >= 0.3 is 27.5 Å². The first-order valence-corrected chi connectivity index (χ1v) is 27.5. The summed E-state index contributed by atoms with van der Waals surface area (Å²) in [6.45, 7) is 2.73. The smallest absolute Gasteiger partial charge is 0.387 e. The molecule has 4 aromatic heterocycles. The molecule has 5 heterocycles. The van der Waals surface area contributed by atoms with Gasteiger partial charge in [-0.2, -0.15) is 4.31 Å². The molecular formula is C50H65N11O10P2+2. The predicted molar refractivity (Wildman–Crippen MR) is 275 cm³/mol. The van der Waals surface area contributed by atoms with Gasteiger partial charge < -0.3 is 35.4 Å². The third-order valence-electron chi connectivity index (χ3n) is 13.0. The Morgan fingerprint density at radius 1 is 0.603 bits per heavy atom. The first-order valence-electron chi connectivity index (χ1n) is 24.5. The summed E-state index contributed by atoms with van der Waals surface area (Å²) in [5.74, 6) is 1.79. The SMILES string of the molecule is Nc1n(CCCCCCCCCCCCn2c(N)[n+](Cc3ccccc3)c3ccccc32)c2ccccc2[n+]1Cc1ccccc1.Nc1ncnc2c1ncn2[C@@H]1O[C@H](COP(=O)(O)OP(=O)(O)O)[C@@H](O)[C@H]1O. The van der Waals surface area contributed by atoms with Gasteiger partial charge in [0.15, 0.2) is 17.7 Å². The lowest BCUT2D eigenvalue weighted by Crippen LogP contribution is -2.37. The highest BCUT2D eigenvalue weighted by Crippen LogP contribution is 2.57. The van der Waals surface area contributed by atoms with E-state index in [9.17, 15) is 24.2 Å². The molecule has 9 rings (SSSR count). The van der Waals surface area contributed by atoms with Gasteiger partial charge in [-0.05, 0) is 48.2 Å². The van der Waals surface area contributed by atoms with E-state index in [4.69, 9.17) is 31.7 Å². The van der Waals surface area contributed by atoms with Crippen LogP contribution in [0, 0.1) is 0 Å². The Balaban J connectivity index is 0.000000224. The number of rotatable bonds is 23. The second kappa shape index (κ2) is 24.3. The molecule has 0 bridgehead atoms. The van der Waals surface area contributed by atoms with E-state index < -0.39 is 46.8 Å². The Bertz CT molecular complexity index is 3030. The summed E-state index contributed by atoms with van der Waals surface area (Å²) in [7, 11) is -10.4. The number of hydrogen-bond acceptors (Lipinski definition) is 13. The number of aliphatic hydroxyl groups excluding tert-OH is 2. The number of nitrogens with two attached hydrogens (primary N) is 3. The summed E-state index contributed by atoms with van der Waals surface area (Å²) in [5.41, 5.74) is 26.9. The fourth-order valence-electron chi connectivity index (χ4n) is 9.39. The number of phosphoric ester groups is 1. The zero-order valence-corrected chi connectivity index (χ0v) is 42.2. The van der Waals surface area contributed by atoms with Gasteiger partial charge in [-0.3, -0.25) is 20.6 Å². The second-order valence-electron chi connectivity index (χ2n) is 18.1. The third kappa shape index (κ3) is 13.4. The number of aromatic nitrogens is 8. The molecule has 73 heavy (non-hydrogen) atoms. The van der Waals surface area contributed by atoms with Crippen molar-refractivity contribution in [1.29, 1.82) is 0 Å². The molecule has 1 fully saturated rings. The van der Waals surface area contributed by atoms with Crippen LogP contribution in [0.2, 0.25) is 0 Å². The van der Waals surface area contributed by atoms with Gasteiger partial charge in [0.25, 0.3) is 0 Å². The molecule has 388 valence electrons. The number of hydrogen-bond donors (Lipinski definition) is 8.